The Bertz CT molecular complexity index is 1260. The van der Waals surface area contributed by atoms with Gasteiger partial charge in [0.15, 0.2) is 6.61 Å². The maximum atomic E-state index is 12.9. The summed E-state index contributed by atoms with van der Waals surface area (Å²) in [5.74, 6) is -0.548. The molecular formula is C24H23N5O3. The molecule has 0 radical (unpaired) electrons. The van der Waals surface area contributed by atoms with Gasteiger partial charge in [-0.05, 0) is 26.0 Å². The smallest absolute Gasteiger partial charge is 0.342 e. The molecule has 0 spiro atoms. The van der Waals surface area contributed by atoms with Crippen LogP contribution in [0.1, 0.15) is 21.6 Å². The van der Waals surface area contributed by atoms with Crippen molar-refractivity contribution in [3.05, 3.63) is 83.7 Å². The van der Waals surface area contributed by atoms with Gasteiger partial charge in [-0.25, -0.2) is 9.48 Å². The summed E-state index contributed by atoms with van der Waals surface area (Å²) >= 11 is 0. The van der Waals surface area contributed by atoms with Gasteiger partial charge in [-0.15, -0.1) is 0 Å². The normalized spacial score (nSPS) is 10.7. The Kier molecular flexibility index (Phi) is 5.85. The SMILES string of the molecule is Cc1ccc(-n2cc(C(=O)OCC(=O)Nc3cc(C)nn3C)c(-c3ccccc3)n2)cc1. The summed E-state index contributed by atoms with van der Waals surface area (Å²) in [5, 5.41) is 11.5. The summed E-state index contributed by atoms with van der Waals surface area (Å²) in [6.45, 7) is 3.41. The second-order valence-corrected chi connectivity index (χ2v) is 7.46. The number of esters is 1. The third-order valence-corrected chi connectivity index (χ3v) is 4.88. The lowest BCUT2D eigenvalue weighted by molar-refractivity contribution is -0.119. The van der Waals surface area contributed by atoms with Crippen LogP contribution in [-0.4, -0.2) is 38.0 Å². The van der Waals surface area contributed by atoms with Gasteiger partial charge in [0.2, 0.25) is 0 Å². The van der Waals surface area contributed by atoms with Crippen molar-refractivity contribution in [2.24, 2.45) is 7.05 Å². The zero-order chi connectivity index (χ0) is 22.7. The number of ether oxygens (including phenoxy) is 1. The summed E-state index contributed by atoms with van der Waals surface area (Å²) in [6.07, 6.45) is 1.62. The largest absolute Gasteiger partial charge is 0.452 e. The van der Waals surface area contributed by atoms with E-state index >= 15 is 0 Å². The molecule has 32 heavy (non-hydrogen) atoms. The number of hydrogen-bond donors (Lipinski definition) is 1. The highest BCUT2D eigenvalue weighted by atomic mass is 16.5. The first-order valence-electron chi connectivity index (χ1n) is 10.1. The molecule has 0 aliphatic carbocycles. The van der Waals surface area contributed by atoms with Crippen molar-refractivity contribution in [3.63, 3.8) is 0 Å². The van der Waals surface area contributed by atoms with Crippen molar-refractivity contribution in [2.75, 3.05) is 11.9 Å². The van der Waals surface area contributed by atoms with E-state index < -0.39 is 18.5 Å². The quantitative estimate of drug-likeness (QED) is 0.472. The van der Waals surface area contributed by atoms with Crippen LogP contribution in [0.5, 0.6) is 0 Å². The number of amides is 1. The highest BCUT2D eigenvalue weighted by Gasteiger charge is 2.21. The lowest BCUT2D eigenvalue weighted by atomic mass is 10.1. The van der Waals surface area contributed by atoms with Crippen molar-refractivity contribution < 1.29 is 14.3 Å². The number of carbonyl (C=O) groups excluding carboxylic acids is 2. The zero-order valence-corrected chi connectivity index (χ0v) is 18.1. The zero-order valence-electron chi connectivity index (χ0n) is 18.1. The van der Waals surface area contributed by atoms with Crippen LogP contribution < -0.4 is 5.32 Å². The van der Waals surface area contributed by atoms with Crippen LogP contribution in [0.4, 0.5) is 5.82 Å². The van der Waals surface area contributed by atoms with Crippen LogP contribution in [0, 0.1) is 13.8 Å². The van der Waals surface area contributed by atoms with E-state index in [9.17, 15) is 9.59 Å². The van der Waals surface area contributed by atoms with Gasteiger partial charge in [0, 0.05) is 24.9 Å². The number of nitrogens with one attached hydrogen (secondary N) is 1. The first-order valence-corrected chi connectivity index (χ1v) is 10.1. The van der Waals surface area contributed by atoms with Gasteiger partial charge in [0.1, 0.15) is 17.1 Å². The maximum Gasteiger partial charge on any atom is 0.342 e. The second kappa shape index (κ2) is 8.89. The molecule has 2 heterocycles. The molecule has 0 saturated carbocycles. The standard InChI is InChI=1S/C24H23N5O3/c1-16-9-11-19(12-10-16)29-14-20(23(27-29)18-7-5-4-6-8-18)24(31)32-15-22(30)25-21-13-17(2)26-28(21)3/h4-14H,15H2,1-3H3,(H,25,30). The van der Waals surface area contributed by atoms with Crippen molar-refractivity contribution in [3.8, 4) is 16.9 Å². The number of rotatable bonds is 6. The van der Waals surface area contributed by atoms with Crippen LogP contribution in [0.25, 0.3) is 16.9 Å². The van der Waals surface area contributed by atoms with Gasteiger partial charge in [0.05, 0.1) is 11.4 Å². The molecule has 0 aliphatic rings. The molecule has 162 valence electrons. The van der Waals surface area contributed by atoms with Crippen LogP contribution in [0.3, 0.4) is 0 Å². The summed E-state index contributed by atoms with van der Waals surface area (Å²) in [6, 6.07) is 18.9. The fraction of sp³-hybridized carbons (Fsp3) is 0.167. The van der Waals surface area contributed by atoms with Gasteiger partial charge in [0.25, 0.3) is 5.91 Å². The molecule has 0 bridgehead atoms. The van der Waals surface area contributed by atoms with E-state index in [1.165, 1.54) is 0 Å². The number of anilines is 1. The van der Waals surface area contributed by atoms with Gasteiger partial charge < -0.3 is 10.1 Å². The van der Waals surface area contributed by atoms with Crippen LogP contribution >= 0.6 is 0 Å². The highest BCUT2D eigenvalue weighted by Crippen LogP contribution is 2.24. The molecule has 8 nitrogen and oxygen atoms in total. The molecule has 0 saturated heterocycles. The van der Waals surface area contributed by atoms with E-state index in [0.717, 1.165) is 22.5 Å². The predicted molar refractivity (Wildman–Crippen MR) is 121 cm³/mol. The van der Waals surface area contributed by atoms with Crippen molar-refractivity contribution in [1.82, 2.24) is 19.6 Å². The number of nitrogens with zero attached hydrogens (tertiary/aromatic N) is 4. The van der Waals surface area contributed by atoms with Crippen LogP contribution in [0.15, 0.2) is 66.9 Å². The lowest BCUT2D eigenvalue weighted by Gasteiger charge is -2.06. The molecule has 1 N–H and O–H groups in total. The molecule has 2 aromatic carbocycles. The highest BCUT2D eigenvalue weighted by molar-refractivity contribution is 5.98. The molecule has 1 amide bonds. The number of carbonyl (C=O) groups is 2. The molecular weight excluding hydrogens is 406 g/mol. The molecule has 4 rings (SSSR count). The summed E-state index contributed by atoms with van der Waals surface area (Å²) in [7, 11) is 1.72. The Labute approximate surface area is 185 Å². The molecule has 0 unspecified atom stereocenters. The average Bonchev–Trinajstić information content (AvgIpc) is 3.36. The number of aromatic nitrogens is 4. The third-order valence-electron chi connectivity index (χ3n) is 4.88. The molecule has 0 fully saturated rings. The Hall–Kier alpha value is -4.20. The Morgan fingerprint density at radius 1 is 1.00 bits per heavy atom. The van der Waals surface area contributed by atoms with E-state index in [4.69, 9.17) is 4.74 Å². The predicted octanol–water partition coefficient (Wildman–Crippen LogP) is 3.69. The molecule has 8 heteroatoms. The minimum absolute atomic E-state index is 0.279. The molecule has 2 aromatic heterocycles. The molecule has 0 atom stereocenters. The fourth-order valence-corrected chi connectivity index (χ4v) is 3.28. The van der Waals surface area contributed by atoms with E-state index in [1.807, 2.05) is 68.4 Å². The monoisotopic (exact) mass is 429 g/mol. The van der Waals surface area contributed by atoms with E-state index in [0.29, 0.717) is 11.5 Å². The summed E-state index contributed by atoms with van der Waals surface area (Å²) < 4.78 is 8.49. The number of hydrogen-bond acceptors (Lipinski definition) is 5. The minimum atomic E-state index is -0.626. The van der Waals surface area contributed by atoms with E-state index in [-0.39, 0.29) is 5.56 Å². The van der Waals surface area contributed by atoms with E-state index in [1.54, 1.807) is 28.7 Å². The van der Waals surface area contributed by atoms with Crippen molar-refractivity contribution >= 4 is 17.7 Å². The van der Waals surface area contributed by atoms with Crippen LogP contribution in [0.2, 0.25) is 0 Å². The van der Waals surface area contributed by atoms with Gasteiger partial charge in [-0.2, -0.15) is 10.2 Å². The minimum Gasteiger partial charge on any atom is -0.452 e. The number of aryl methyl sites for hydroxylation is 3. The topological polar surface area (TPSA) is 91.0 Å². The second-order valence-electron chi connectivity index (χ2n) is 7.46. The average molecular weight is 429 g/mol. The Morgan fingerprint density at radius 3 is 2.38 bits per heavy atom. The van der Waals surface area contributed by atoms with Gasteiger partial charge in [-0.3, -0.25) is 9.48 Å². The van der Waals surface area contributed by atoms with Crippen LogP contribution in [-0.2, 0) is 16.6 Å². The molecule has 4 aromatic rings. The number of benzene rings is 2. The van der Waals surface area contributed by atoms with E-state index in [2.05, 4.69) is 15.5 Å². The maximum absolute atomic E-state index is 12.9. The first-order chi connectivity index (χ1) is 15.4. The lowest BCUT2D eigenvalue weighted by Crippen LogP contribution is -2.22. The third kappa shape index (κ3) is 4.59. The van der Waals surface area contributed by atoms with Crippen molar-refractivity contribution in [2.45, 2.75) is 13.8 Å². The Balaban J connectivity index is 1.55. The first kappa shape index (κ1) is 21.0. The summed E-state index contributed by atoms with van der Waals surface area (Å²) in [4.78, 5) is 25.2. The van der Waals surface area contributed by atoms with Gasteiger partial charge in [-0.1, -0.05) is 48.0 Å². The Morgan fingerprint density at radius 2 is 1.72 bits per heavy atom. The van der Waals surface area contributed by atoms with Crippen molar-refractivity contribution in [1.29, 1.82) is 0 Å². The summed E-state index contributed by atoms with van der Waals surface area (Å²) in [5.41, 5.74) is 4.25. The fourth-order valence-electron chi connectivity index (χ4n) is 3.28. The van der Waals surface area contributed by atoms with Gasteiger partial charge >= 0.3 is 5.97 Å². The molecule has 0 aliphatic heterocycles.